The maximum absolute atomic E-state index is 12.8. The molecule has 1 aliphatic rings. The second-order valence-electron chi connectivity index (χ2n) is 7.16. The Morgan fingerprint density at radius 2 is 1.96 bits per heavy atom. The summed E-state index contributed by atoms with van der Waals surface area (Å²) in [7, 11) is -1.78. The van der Waals surface area contributed by atoms with Gasteiger partial charge in [0.15, 0.2) is 5.13 Å². The fourth-order valence-electron chi connectivity index (χ4n) is 2.90. The van der Waals surface area contributed by atoms with Crippen molar-refractivity contribution in [3.8, 4) is 0 Å². The van der Waals surface area contributed by atoms with Crippen molar-refractivity contribution in [2.24, 2.45) is 5.92 Å². The van der Waals surface area contributed by atoms with Crippen LogP contribution in [0.2, 0.25) is 0 Å². The Labute approximate surface area is 177 Å². The summed E-state index contributed by atoms with van der Waals surface area (Å²) in [5.74, 6) is -0.638. The van der Waals surface area contributed by atoms with Crippen LogP contribution >= 0.6 is 27.3 Å². The number of hydrogen-bond acceptors (Lipinski definition) is 6. The summed E-state index contributed by atoms with van der Waals surface area (Å²) in [6.45, 7) is 5.35. The van der Waals surface area contributed by atoms with Crippen molar-refractivity contribution >= 4 is 48.3 Å². The summed E-state index contributed by atoms with van der Waals surface area (Å²) in [6.07, 6.45) is 0.849. The molecule has 1 aromatic heterocycles. The first-order valence-corrected chi connectivity index (χ1v) is 12.0. The van der Waals surface area contributed by atoms with Gasteiger partial charge in [-0.05, 0) is 37.2 Å². The van der Waals surface area contributed by atoms with E-state index in [4.69, 9.17) is 0 Å². The van der Waals surface area contributed by atoms with Gasteiger partial charge in [0.1, 0.15) is 6.04 Å². The highest BCUT2D eigenvalue weighted by molar-refractivity contribution is 9.10. The van der Waals surface area contributed by atoms with Gasteiger partial charge in [0.2, 0.25) is 15.9 Å². The predicted molar refractivity (Wildman–Crippen MR) is 114 cm³/mol. The molecule has 1 atom stereocenters. The molecular weight excluding hydrogens is 464 g/mol. The summed E-state index contributed by atoms with van der Waals surface area (Å²) in [6, 6.07) is 5.38. The molecule has 2 heterocycles. The third-order valence-corrected chi connectivity index (χ3v) is 7.49. The van der Waals surface area contributed by atoms with Gasteiger partial charge in [-0.3, -0.25) is 4.79 Å². The molecule has 2 aromatic rings. The molecule has 0 fully saturated rings. The smallest absolute Gasteiger partial charge is 0.244 e. The number of carbonyl (C=O) groups is 1. The summed E-state index contributed by atoms with van der Waals surface area (Å²) >= 11 is 4.73. The number of benzene rings is 1. The van der Waals surface area contributed by atoms with E-state index < -0.39 is 22.0 Å². The maximum Gasteiger partial charge on any atom is 0.244 e. The van der Waals surface area contributed by atoms with E-state index in [9.17, 15) is 13.2 Å². The fraction of sp³-hybridized carbons (Fsp3) is 0.444. The first-order chi connectivity index (χ1) is 13.2. The Morgan fingerprint density at radius 1 is 1.29 bits per heavy atom. The van der Waals surface area contributed by atoms with Gasteiger partial charge < -0.3 is 10.2 Å². The average Bonchev–Trinajstić information content (AvgIpc) is 3.01. The number of amides is 1. The number of aromatic nitrogens is 1. The van der Waals surface area contributed by atoms with Gasteiger partial charge in [0.25, 0.3) is 0 Å². The van der Waals surface area contributed by atoms with E-state index in [0.717, 1.165) is 34.6 Å². The molecule has 0 aliphatic carbocycles. The predicted octanol–water partition coefficient (Wildman–Crippen LogP) is 2.84. The molecule has 0 unspecified atom stereocenters. The summed E-state index contributed by atoms with van der Waals surface area (Å²) in [5.41, 5.74) is 1.01. The Morgan fingerprint density at radius 3 is 2.61 bits per heavy atom. The highest BCUT2D eigenvalue weighted by atomic mass is 79.9. The van der Waals surface area contributed by atoms with Gasteiger partial charge in [-0.15, -0.1) is 11.3 Å². The van der Waals surface area contributed by atoms with Crippen LogP contribution in [0.4, 0.5) is 5.13 Å². The first kappa shape index (κ1) is 21.4. The molecule has 2 N–H and O–H groups in total. The third kappa shape index (κ3) is 4.98. The van der Waals surface area contributed by atoms with Crippen LogP contribution in [0.15, 0.2) is 33.6 Å². The minimum atomic E-state index is -3.82. The second-order valence-corrected chi connectivity index (χ2v) is 10.9. The van der Waals surface area contributed by atoms with Crippen molar-refractivity contribution in [1.82, 2.24) is 14.6 Å². The van der Waals surface area contributed by atoms with Gasteiger partial charge in [0, 0.05) is 28.9 Å². The topological polar surface area (TPSA) is 91.4 Å². The summed E-state index contributed by atoms with van der Waals surface area (Å²) < 4.78 is 28.7. The molecular formula is C18H23BrN4O3S2. The van der Waals surface area contributed by atoms with E-state index in [1.807, 2.05) is 7.05 Å². The molecule has 1 aromatic carbocycles. The molecule has 0 bridgehead atoms. The summed E-state index contributed by atoms with van der Waals surface area (Å²) in [5, 5.41) is 3.31. The number of rotatable bonds is 6. The Kier molecular flexibility index (Phi) is 6.55. The number of anilines is 1. The SMILES string of the molecule is CC(C)[C@H](NS(=O)(=O)c1ccc(Br)cc1)C(=O)Nc1nc2c(s1)CN(C)CC2. The van der Waals surface area contributed by atoms with E-state index in [-0.39, 0.29) is 10.8 Å². The Hall–Kier alpha value is -1.33. The van der Waals surface area contributed by atoms with Crippen LogP contribution in [0.1, 0.15) is 24.4 Å². The van der Waals surface area contributed by atoms with Crippen molar-refractivity contribution in [3.05, 3.63) is 39.3 Å². The van der Waals surface area contributed by atoms with Crippen LogP contribution < -0.4 is 10.0 Å². The van der Waals surface area contributed by atoms with Crippen molar-refractivity contribution in [2.75, 3.05) is 18.9 Å². The zero-order valence-corrected chi connectivity index (χ0v) is 19.1. The van der Waals surface area contributed by atoms with Crippen LogP contribution in [-0.4, -0.2) is 43.8 Å². The van der Waals surface area contributed by atoms with Gasteiger partial charge in [-0.25, -0.2) is 13.4 Å². The normalized spacial score (nSPS) is 16.0. The minimum Gasteiger partial charge on any atom is -0.301 e. The molecule has 3 rings (SSSR count). The van der Waals surface area contributed by atoms with Crippen LogP contribution in [0.5, 0.6) is 0 Å². The number of nitrogens with one attached hydrogen (secondary N) is 2. The number of fused-ring (bicyclic) bond motifs is 1. The van der Waals surface area contributed by atoms with Crippen LogP contribution in [0, 0.1) is 5.92 Å². The maximum atomic E-state index is 12.8. The third-order valence-electron chi connectivity index (χ3n) is 4.51. The van der Waals surface area contributed by atoms with Crippen molar-refractivity contribution in [2.45, 2.75) is 37.8 Å². The minimum absolute atomic E-state index is 0.113. The number of nitrogens with zero attached hydrogens (tertiary/aromatic N) is 2. The van der Waals surface area contributed by atoms with Crippen LogP contribution in [0.3, 0.4) is 0 Å². The van der Waals surface area contributed by atoms with Gasteiger partial charge in [0.05, 0.1) is 10.6 Å². The lowest BCUT2D eigenvalue weighted by Gasteiger charge is -2.21. The first-order valence-electron chi connectivity index (χ1n) is 8.91. The van der Waals surface area contributed by atoms with E-state index in [0.29, 0.717) is 5.13 Å². The molecule has 152 valence electrons. The standard InChI is InChI=1S/C18H23BrN4O3S2/c1-11(2)16(22-28(25,26)13-6-4-12(19)5-7-13)17(24)21-18-20-14-8-9-23(3)10-15(14)27-18/h4-7,11,16,22H,8-10H2,1-3H3,(H,20,21,24)/t16-/m0/s1. The van der Waals surface area contributed by atoms with E-state index in [2.05, 4.69) is 35.9 Å². The lowest BCUT2D eigenvalue weighted by molar-refractivity contribution is -0.118. The molecule has 1 aliphatic heterocycles. The molecule has 10 heteroatoms. The molecule has 0 saturated carbocycles. The zero-order chi connectivity index (χ0) is 20.5. The van der Waals surface area contributed by atoms with E-state index in [1.165, 1.54) is 23.5 Å². The van der Waals surface area contributed by atoms with Gasteiger partial charge in [-0.2, -0.15) is 4.72 Å². The molecule has 0 saturated heterocycles. The number of thiazole rings is 1. The molecule has 1 amide bonds. The monoisotopic (exact) mass is 486 g/mol. The van der Waals surface area contributed by atoms with Crippen LogP contribution in [0.25, 0.3) is 0 Å². The number of hydrogen-bond donors (Lipinski definition) is 2. The van der Waals surface area contributed by atoms with Gasteiger partial charge in [-0.1, -0.05) is 29.8 Å². The van der Waals surface area contributed by atoms with Crippen molar-refractivity contribution in [1.29, 1.82) is 0 Å². The Balaban J connectivity index is 1.75. The molecule has 7 nitrogen and oxygen atoms in total. The highest BCUT2D eigenvalue weighted by Gasteiger charge is 2.29. The van der Waals surface area contributed by atoms with Crippen molar-refractivity contribution in [3.63, 3.8) is 0 Å². The second kappa shape index (κ2) is 8.58. The average molecular weight is 487 g/mol. The highest BCUT2D eigenvalue weighted by Crippen LogP contribution is 2.28. The number of sulfonamides is 1. The fourth-order valence-corrected chi connectivity index (χ4v) is 5.60. The number of halogens is 1. The lowest BCUT2D eigenvalue weighted by Crippen LogP contribution is -2.47. The molecule has 28 heavy (non-hydrogen) atoms. The zero-order valence-electron chi connectivity index (χ0n) is 15.9. The van der Waals surface area contributed by atoms with Crippen LogP contribution in [-0.2, 0) is 27.8 Å². The summed E-state index contributed by atoms with van der Waals surface area (Å²) in [4.78, 5) is 20.8. The van der Waals surface area contributed by atoms with E-state index >= 15 is 0 Å². The quantitative estimate of drug-likeness (QED) is 0.654. The Bertz CT molecular complexity index is 958. The lowest BCUT2D eigenvalue weighted by atomic mass is 10.1. The molecule has 0 radical (unpaired) electrons. The van der Waals surface area contributed by atoms with Crippen molar-refractivity contribution < 1.29 is 13.2 Å². The van der Waals surface area contributed by atoms with Gasteiger partial charge >= 0.3 is 0 Å². The largest absolute Gasteiger partial charge is 0.301 e. The molecule has 0 spiro atoms. The number of carbonyl (C=O) groups excluding carboxylic acids is 1. The number of likely N-dealkylation sites (N-methyl/N-ethyl adjacent to an activating group) is 1. The van der Waals surface area contributed by atoms with E-state index in [1.54, 1.807) is 26.0 Å².